The van der Waals surface area contributed by atoms with Gasteiger partial charge in [-0.25, -0.2) is 0 Å². The molecule has 0 heterocycles. The van der Waals surface area contributed by atoms with Crippen LogP contribution in [-0.4, -0.2) is 7.11 Å². The molecule has 0 bridgehead atoms. The molecule has 0 spiro atoms. The standard InChI is InChI=1S/C20H17Cl2NO2/c1-24-17-12-16(21)19(23-15-10-6-3-7-11-15)18(22)20(17)25-13-14-8-4-2-5-9-14/h2-12,23H,13H2,1H3. The molecule has 0 unspecified atom stereocenters. The van der Waals surface area contributed by atoms with Crippen LogP contribution in [0.3, 0.4) is 0 Å². The van der Waals surface area contributed by atoms with Gasteiger partial charge in [-0.3, -0.25) is 0 Å². The van der Waals surface area contributed by atoms with E-state index < -0.39 is 0 Å². The average Bonchev–Trinajstić information content (AvgIpc) is 2.65. The van der Waals surface area contributed by atoms with Crippen molar-refractivity contribution in [3.05, 3.63) is 82.3 Å². The molecule has 0 radical (unpaired) electrons. The number of halogens is 2. The second-order valence-corrected chi connectivity index (χ2v) is 6.13. The van der Waals surface area contributed by atoms with E-state index in [1.54, 1.807) is 13.2 Å². The maximum absolute atomic E-state index is 6.56. The van der Waals surface area contributed by atoms with Gasteiger partial charge in [-0.2, -0.15) is 0 Å². The molecule has 0 aliphatic heterocycles. The van der Waals surface area contributed by atoms with Crippen LogP contribution in [-0.2, 0) is 6.61 Å². The Kier molecular flexibility index (Phi) is 5.69. The van der Waals surface area contributed by atoms with Gasteiger partial charge in [-0.05, 0) is 17.7 Å². The molecule has 0 aromatic heterocycles. The molecule has 0 atom stereocenters. The summed E-state index contributed by atoms with van der Waals surface area (Å²) in [5, 5.41) is 4.07. The monoisotopic (exact) mass is 373 g/mol. The van der Waals surface area contributed by atoms with Crippen molar-refractivity contribution in [3.63, 3.8) is 0 Å². The van der Waals surface area contributed by atoms with Crippen LogP contribution in [0.15, 0.2) is 66.7 Å². The highest BCUT2D eigenvalue weighted by atomic mass is 35.5. The van der Waals surface area contributed by atoms with E-state index in [0.717, 1.165) is 11.3 Å². The number of hydrogen-bond donors (Lipinski definition) is 1. The van der Waals surface area contributed by atoms with Crippen molar-refractivity contribution in [2.45, 2.75) is 6.61 Å². The second kappa shape index (κ2) is 8.15. The Morgan fingerprint density at radius 3 is 2.20 bits per heavy atom. The van der Waals surface area contributed by atoms with Crippen LogP contribution in [0.25, 0.3) is 0 Å². The van der Waals surface area contributed by atoms with E-state index in [9.17, 15) is 0 Å². The summed E-state index contributed by atoms with van der Waals surface area (Å²) < 4.78 is 11.3. The van der Waals surface area contributed by atoms with E-state index in [4.69, 9.17) is 32.7 Å². The van der Waals surface area contributed by atoms with Gasteiger partial charge in [-0.1, -0.05) is 71.7 Å². The number of nitrogens with one attached hydrogen (secondary N) is 1. The zero-order valence-electron chi connectivity index (χ0n) is 13.6. The van der Waals surface area contributed by atoms with E-state index in [-0.39, 0.29) is 0 Å². The van der Waals surface area contributed by atoms with Crippen LogP contribution in [0.5, 0.6) is 11.5 Å². The number of anilines is 2. The van der Waals surface area contributed by atoms with Gasteiger partial charge in [0.05, 0.1) is 17.8 Å². The van der Waals surface area contributed by atoms with Crippen molar-refractivity contribution in [1.82, 2.24) is 0 Å². The summed E-state index contributed by atoms with van der Waals surface area (Å²) in [6.07, 6.45) is 0. The molecule has 3 aromatic rings. The van der Waals surface area contributed by atoms with Crippen LogP contribution < -0.4 is 14.8 Å². The van der Waals surface area contributed by atoms with Crippen molar-refractivity contribution in [1.29, 1.82) is 0 Å². The lowest BCUT2D eigenvalue weighted by molar-refractivity contribution is 0.285. The van der Waals surface area contributed by atoms with Gasteiger partial charge >= 0.3 is 0 Å². The first-order valence-electron chi connectivity index (χ1n) is 7.74. The molecular weight excluding hydrogens is 357 g/mol. The van der Waals surface area contributed by atoms with Gasteiger partial charge in [0.1, 0.15) is 11.6 Å². The number of para-hydroxylation sites is 1. The maximum atomic E-state index is 6.56. The number of benzene rings is 3. The predicted molar refractivity (Wildman–Crippen MR) is 104 cm³/mol. The molecule has 0 saturated carbocycles. The normalized spacial score (nSPS) is 10.4. The SMILES string of the molecule is COc1cc(Cl)c(Nc2ccccc2)c(Cl)c1OCc1ccccc1. The van der Waals surface area contributed by atoms with Crippen molar-refractivity contribution in [2.24, 2.45) is 0 Å². The van der Waals surface area contributed by atoms with Crippen LogP contribution in [0.1, 0.15) is 5.56 Å². The van der Waals surface area contributed by atoms with E-state index in [1.165, 1.54) is 0 Å². The summed E-state index contributed by atoms with van der Waals surface area (Å²) in [7, 11) is 1.56. The summed E-state index contributed by atoms with van der Waals surface area (Å²) >= 11 is 12.9. The number of methoxy groups -OCH3 is 1. The third kappa shape index (κ3) is 4.19. The zero-order chi connectivity index (χ0) is 17.6. The Morgan fingerprint density at radius 2 is 1.56 bits per heavy atom. The minimum atomic E-state index is 0.378. The first-order valence-corrected chi connectivity index (χ1v) is 8.49. The molecule has 5 heteroatoms. The second-order valence-electron chi connectivity index (χ2n) is 5.34. The van der Waals surface area contributed by atoms with Gasteiger partial charge in [0.2, 0.25) is 0 Å². The van der Waals surface area contributed by atoms with Crippen LogP contribution in [0.4, 0.5) is 11.4 Å². The topological polar surface area (TPSA) is 30.5 Å². The van der Waals surface area contributed by atoms with Gasteiger partial charge in [0.15, 0.2) is 11.5 Å². The molecule has 0 amide bonds. The predicted octanol–water partition coefficient (Wildman–Crippen LogP) is 6.32. The zero-order valence-corrected chi connectivity index (χ0v) is 15.1. The molecule has 0 aliphatic rings. The van der Waals surface area contributed by atoms with Crippen molar-refractivity contribution in [3.8, 4) is 11.5 Å². The third-order valence-corrected chi connectivity index (χ3v) is 4.29. The maximum Gasteiger partial charge on any atom is 0.182 e. The minimum absolute atomic E-state index is 0.378. The summed E-state index contributed by atoms with van der Waals surface area (Å²) in [5.41, 5.74) is 2.50. The average molecular weight is 374 g/mol. The van der Waals surface area contributed by atoms with Gasteiger partial charge in [-0.15, -0.1) is 0 Å². The van der Waals surface area contributed by atoms with E-state index in [0.29, 0.717) is 33.8 Å². The van der Waals surface area contributed by atoms with Crippen molar-refractivity contribution < 1.29 is 9.47 Å². The number of ether oxygens (including phenoxy) is 2. The first-order chi connectivity index (χ1) is 12.2. The minimum Gasteiger partial charge on any atom is -0.493 e. The molecule has 0 fully saturated rings. The summed E-state index contributed by atoms with van der Waals surface area (Å²) in [6, 6.07) is 21.2. The van der Waals surface area contributed by atoms with E-state index >= 15 is 0 Å². The fourth-order valence-electron chi connectivity index (χ4n) is 2.38. The quantitative estimate of drug-likeness (QED) is 0.547. The van der Waals surface area contributed by atoms with Gasteiger partial charge < -0.3 is 14.8 Å². The molecule has 3 aromatic carbocycles. The lowest BCUT2D eigenvalue weighted by Gasteiger charge is -2.17. The Bertz CT molecular complexity index is 839. The lowest BCUT2D eigenvalue weighted by atomic mass is 10.2. The number of hydrogen-bond acceptors (Lipinski definition) is 3. The molecule has 3 nitrogen and oxygen atoms in total. The Labute approximate surface area is 157 Å². The summed E-state index contributed by atoms with van der Waals surface area (Å²) in [6.45, 7) is 0.378. The largest absolute Gasteiger partial charge is 0.493 e. The Hall–Kier alpha value is -2.36. The molecule has 0 aliphatic carbocycles. The molecule has 128 valence electrons. The van der Waals surface area contributed by atoms with Crippen LogP contribution in [0, 0.1) is 0 Å². The molecule has 1 N–H and O–H groups in total. The Balaban J connectivity index is 1.91. The van der Waals surface area contributed by atoms with Crippen molar-refractivity contribution in [2.75, 3.05) is 12.4 Å². The molecular formula is C20H17Cl2NO2. The summed E-state index contributed by atoms with van der Waals surface area (Å²) in [4.78, 5) is 0. The highest BCUT2D eigenvalue weighted by Gasteiger charge is 2.18. The van der Waals surface area contributed by atoms with Crippen LogP contribution in [0.2, 0.25) is 10.0 Å². The van der Waals surface area contributed by atoms with E-state index in [1.807, 2.05) is 60.7 Å². The highest BCUT2D eigenvalue weighted by Crippen LogP contribution is 2.46. The van der Waals surface area contributed by atoms with Gasteiger partial charge in [0.25, 0.3) is 0 Å². The lowest BCUT2D eigenvalue weighted by Crippen LogP contribution is -2.01. The fourth-order valence-corrected chi connectivity index (χ4v) is 2.96. The summed E-state index contributed by atoms with van der Waals surface area (Å²) in [5.74, 6) is 0.945. The first kappa shape index (κ1) is 17.5. The Morgan fingerprint density at radius 1 is 0.920 bits per heavy atom. The third-order valence-electron chi connectivity index (χ3n) is 3.63. The smallest absolute Gasteiger partial charge is 0.182 e. The van der Waals surface area contributed by atoms with Crippen LogP contribution >= 0.6 is 23.2 Å². The molecule has 25 heavy (non-hydrogen) atoms. The molecule has 3 rings (SSSR count). The van der Waals surface area contributed by atoms with E-state index in [2.05, 4.69) is 5.32 Å². The van der Waals surface area contributed by atoms with Crippen molar-refractivity contribution >= 4 is 34.6 Å². The number of rotatable bonds is 6. The highest BCUT2D eigenvalue weighted by molar-refractivity contribution is 6.40. The molecule has 0 saturated heterocycles. The fraction of sp³-hybridized carbons (Fsp3) is 0.100. The van der Waals surface area contributed by atoms with Gasteiger partial charge in [0, 0.05) is 11.8 Å².